The SMILES string of the molecule is COc1ccc(C(=O)C2C(=O)C(=O)N(CC[NH+](C)C)C2c2ccccc2OC)cc1C. The highest BCUT2D eigenvalue weighted by Gasteiger charge is 2.52. The lowest BCUT2D eigenvalue weighted by molar-refractivity contribution is -0.857. The molecule has 0 saturated carbocycles. The van der Waals surface area contributed by atoms with E-state index in [0.717, 1.165) is 10.5 Å². The van der Waals surface area contributed by atoms with Crippen LogP contribution in [-0.2, 0) is 9.59 Å². The number of amides is 1. The summed E-state index contributed by atoms with van der Waals surface area (Å²) in [5, 5.41) is 0. The summed E-state index contributed by atoms with van der Waals surface area (Å²) < 4.78 is 10.8. The van der Waals surface area contributed by atoms with Gasteiger partial charge >= 0.3 is 0 Å². The number of hydrogen-bond acceptors (Lipinski definition) is 5. The molecular weight excluding hydrogens is 396 g/mol. The fourth-order valence-electron chi connectivity index (χ4n) is 4.04. The van der Waals surface area contributed by atoms with Gasteiger partial charge in [0.05, 0.1) is 47.4 Å². The van der Waals surface area contributed by atoms with Crippen LogP contribution in [0.5, 0.6) is 11.5 Å². The Morgan fingerprint density at radius 1 is 1.03 bits per heavy atom. The van der Waals surface area contributed by atoms with Crippen molar-refractivity contribution in [2.75, 3.05) is 41.4 Å². The number of likely N-dealkylation sites (tertiary alicyclic amines) is 1. The van der Waals surface area contributed by atoms with Crippen LogP contribution in [0.1, 0.15) is 27.5 Å². The summed E-state index contributed by atoms with van der Waals surface area (Å²) in [5.41, 5.74) is 1.82. The lowest BCUT2D eigenvalue weighted by Crippen LogP contribution is -3.06. The normalized spacial score (nSPS) is 18.6. The number of methoxy groups -OCH3 is 2. The summed E-state index contributed by atoms with van der Waals surface area (Å²) >= 11 is 0. The smallest absolute Gasteiger partial charge is 0.291 e. The number of rotatable bonds is 8. The largest absolute Gasteiger partial charge is 0.496 e. The minimum Gasteiger partial charge on any atom is -0.496 e. The number of carbonyl (C=O) groups is 3. The van der Waals surface area contributed by atoms with Crippen molar-refractivity contribution in [1.82, 2.24) is 4.90 Å². The number of aryl methyl sites for hydroxylation is 1. The first-order valence-electron chi connectivity index (χ1n) is 10.3. The molecule has 2 aromatic rings. The highest BCUT2D eigenvalue weighted by atomic mass is 16.5. The van der Waals surface area contributed by atoms with Crippen molar-refractivity contribution in [2.24, 2.45) is 5.92 Å². The Morgan fingerprint density at radius 3 is 2.32 bits per heavy atom. The fourth-order valence-corrected chi connectivity index (χ4v) is 4.04. The molecule has 1 heterocycles. The highest BCUT2D eigenvalue weighted by Crippen LogP contribution is 2.41. The van der Waals surface area contributed by atoms with Crippen molar-refractivity contribution in [2.45, 2.75) is 13.0 Å². The number of hydrogen-bond donors (Lipinski definition) is 1. The van der Waals surface area contributed by atoms with E-state index in [0.29, 0.717) is 35.7 Å². The Labute approximate surface area is 182 Å². The van der Waals surface area contributed by atoms with E-state index >= 15 is 0 Å². The third-order valence-electron chi connectivity index (χ3n) is 5.68. The maximum Gasteiger partial charge on any atom is 0.291 e. The van der Waals surface area contributed by atoms with E-state index in [9.17, 15) is 14.4 Å². The van der Waals surface area contributed by atoms with Crippen LogP contribution in [-0.4, -0.2) is 63.8 Å². The molecular formula is C24H29N2O5+. The van der Waals surface area contributed by atoms with E-state index in [2.05, 4.69) is 0 Å². The molecule has 0 aromatic heterocycles. The molecule has 1 fully saturated rings. The van der Waals surface area contributed by atoms with Crippen molar-refractivity contribution < 1.29 is 28.8 Å². The van der Waals surface area contributed by atoms with E-state index in [1.165, 1.54) is 12.0 Å². The van der Waals surface area contributed by atoms with E-state index in [1.54, 1.807) is 31.4 Å². The van der Waals surface area contributed by atoms with Crippen molar-refractivity contribution in [3.63, 3.8) is 0 Å². The summed E-state index contributed by atoms with van der Waals surface area (Å²) in [6, 6.07) is 11.5. The van der Waals surface area contributed by atoms with Gasteiger partial charge in [0.25, 0.3) is 5.91 Å². The quantitative estimate of drug-likeness (QED) is 0.390. The van der Waals surface area contributed by atoms with Crippen molar-refractivity contribution in [3.05, 3.63) is 59.2 Å². The van der Waals surface area contributed by atoms with Gasteiger partial charge in [-0.2, -0.15) is 0 Å². The van der Waals surface area contributed by atoms with Crippen LogP contribution in [0.15, 0.2) is 42.5 Å². The van der Waals surface area contributed by atoms with Gasteiger partial charge in [-0.15, -0.1) is 0 Å². The first-order chi connectivity index (χ1) is 14.8. The molecule has 1 saturated heterocycles. The number of Topliss-reactive ketones (excluding diaryl/α,β-unsaturated/α-hetero) is 2. The molecule has 3 rings (SSSR count). The molecule has 2 atom stereocenters. The van der Waals surface area contributed by atoms with Crippen molar-refractivity contribution >= 4 is 17.5 Å². The molecule has 1 aliphatic rings. The first kappa shape index (κ1) is 22.5. The van der Waals surface area contributed by atoms with Crippen LogP contribution in [0.4, 0.5) is 0 Å². The van der Waals surface area contributed by atoms with Gasteiger partial charge in [-0.05, 0) is 36.8 Å². The van der Waals surface area contributed by atoms with E-state index < -0.39 is 23.7 Å². The first-order valence-corrected chi connectivity index (χ1v) is 10.3. The van der Waals surface area contributed by atoms with Crippen LogP contribution < -0.4 is 14.4 Å². The van der Waals surface area contributed by atoms with Crippen LogP contribution in [0, 0.1) is 12.8 Å². The molecule has 0 radical (unpaired) electrons. The second kappa shape index (κ2) is 9.31. The molecule has 0 spiro atoms. The second-order valence-electron chi connectivity index (χ2n) is 8.03. The maximum atomic E-state index is 13.5. The molecule has 2 unspecified atom stereocenters. The summed E-state index contributed by atoms with van der Waals surface area (Å²) in [6.45, 7) is 2.84. The zero-order valence-corrected chi connectivity index (χ0v) is 18.6. The van der Waals surface area contributed by atoms with Crippen LogP contribution in [0.25, 0.3) is 0 Å². The number of ketones is 2. The third-order valence-corrected chi connectivity index (χ3v) is 5.68. The average Bonchev–Trinajstić information content (AvgIpc) is 3.01. The number of likely N-dealkylation sites (N-methyl/N-ethyl adjacent to an activating group) is 1. The Balaban J connectivity index is 2.09. The fraction of sp³-hybridized carbons (Fsp3) is 0.375. The number of ether oxygens (including phenoxy) is 2. The lowest BCUT2D eigenvalue weighted by Gasteiger charge is -2.28. The van der Waals surface area contributed by atoms with E-state index in [1.807, 2.05) is 39.2 Å². The number of quaternary nitrogens is 1. The zero-order chi connectivity index (χ0) is 22.7. The van der Waals surface area contributed by atoms with Crippen LogP contribution in [0.2, 0.25) is 0 Å². The summed E-state index contributed by atoms with van der Waals surface area (Å²) in [5.74, 6) is -1.61. The highest BCUT2D eigenvalue weighted by molar-refractivity contribution is 6.44. The molecule has 1 N–H and O–H groups in total. The summed E-state index contributed by atoms with van der Waals surface area (Å²) in [7, 11) is 7.05. The molecule has 164 valence electrons. The molecule has 1 aliphatic heterocycles. The van der Waals surface area contributed by atoms with Gasteiger partial charge < -0.3 is 19.3 Å². The van der Waals surface area contributed by atoms with Gasteiger partial charge in [-0.1, -0.05) is 18.2 Å². The minimum absolute atomic E-state index is 0.362. The van der Waals surface area contributed by atoms with Crippen LogP contribution >= 0.6 is 0 Å². The van der Waals surface area contributed by atoms with Gasteiger partial charge in [0.2, 0.25) is 5.78 Å². The molecule has 0 aliphatic carbocycles. The molecule has 1 amide bonds. The monoisotopic (exact) mass is 425 g/mol. The van der Waals surface area contributed by atoms with Gasteiger partial charge in [0, 0.05) is 11.1 Å². The minimum atomic E-state index is -1.13. The van der Waals surface area contributed by atoms with Crippen molar-refractivity contribution in [1.29, 1.82) is 0 Å². The summed E-state index contributed by atoms with van der Waals surface area (Å²) in [4.78, 5) is 42.2. The Kier molecular flexibility index (Phi) is 6.75. The molecule has 7 heteroatoms. The molecule has 2 aromatic carbocycles. The van der Waals surface area contributed by atoms with Gasteiger partial charge in [0.1, 0.15) is 17.4 Å². The Hall–Kier alpha value is -3.19. The number of nitrogens with one attached hydrogen (secondary N) is 1. The second-order valence-corrected chi connectivity index (χ2v) is 8.03. The van der Waals surface area contributed by atoms with Crippen LogP contribution in [0.3, 0.4) is 0 Å². The van der Waals surface area contributed by atoms with E-state index in [-0.39, 0.29) is 5.78 Å². The number of benzene rings is 2. The standard InChI is InChI=1S/C24H28N2O5/c1-15-14-16(10-11-18(15)30-4)22(27)20-21(17-8-6-7-9-19(17)31-5)26(13-12-25(2)3)24(29)23(20)28/h6-11,14,20-21H,12-13H2,1-5H3/p+1. The average molecular weight is 426 g/mol. The maximum absolute atomic E-state index is 13.5. The third kappa shape index (κ3) is 4.32. The molecule has 31 heavy (non-hydrogen) atoms. The predicted octanol–water partition coefficient (Wildman–Crippen LogP) is 1.11. The molecule has 7 nitrogen and oxygen atoms in total. The number of para-hydroxylation sites is 1. The van der Waals surface area contributed by atoms with Gasteiger partial charge in [-0.25, -0.2) is 0 Å². The van der Waals surface area contributed by atoms with Gasteiger partial charge in [0.15, 0.2) is 5.78 Å². The lowest BCUT2D eigenvalue weighted by atomic mass is 9.85. The Bertz CT molecular complexity index is 1000. The summed E-state index contributed by atoms with van der Waals surface area (Å²) in [6.07, 6.45) is 0. The Morgan fingerprint density at radius 2 is 1.71 bits per heavy atom. The van der Waals surface area contributed by atoms with Crippen molar-refractivity contribution in [3.8, 4) is 11.5 Å². The number of nitrogens with zero attached hydrogens (tertiary/aromatic N) is 1. The zero-order valence-electron chi connectivity index (χ0n) is 18.6. The predicted molar refractivity (Wildman–Crippen MR) is 116 cm³/mol. The van der Waals surface area contributed by atoms with Gasteiger partial charge in [-0.3, -0.25) is 14.4 Å². The topological polar surface area (TPSA) is 77.4 Å². The van der Waals surface area contributed by atoms with E-state index in [4.69, 9.17) is 9.47 Å². The number of carbonyl (C=O) groups excluding carboxylic acids is 3. The molecule has 0 bridgehead atoms.